The van der Waals surface area contributed by atoms with Gasteiger partial charge in [0.05, 0.1) is 18.4 Å². The number of benzene rings is 1. The number of ether oxygens (including phenoxy) is 1. The fraction of sp³-hybridized carbons (Fsp3) is 0.333. The van der Waals surface area contributed by atoms with Crippen molar-refractivity contribution < 1.29 is 9.84 Å². The Kier molecular flexibility index (Phi) is 3.52. The molecular weight excluding hydrogens is 254 g/mol. The Morgan fingerprint density at radius 1 is 1.35 bits per heavy atom. The van der Waals surface area contributed by atoms with Crippen LogP contribution in [0, 0.1) is 0 Å². The summed E-state index contributed by atoms with van der Waals surface area (Å²) in [4.78, 5) is 8.70. The first-order valence-corrected chi connectivity index (χ1v) is 6.73. The molecule has 0 aliphatic carbocycles. The number of hydrogen-bond acceptors (Lipinski definition) is 5. The smallest absolute Gasteiger partial charge is 0.133 e. The number of para-hydroxylation sites is 1. The summed E-state index contributed by atoms with van der Waals surface area (Å²) in [6.45, 7) is 2.80. The van der Waals surface area contributed by atoms with Crippen LogP contribution in [-0.2, 0) is 6.42 Å². The summed E-state index contributed by atoms with van der Waals surface area (Å²) < 4.78 is 5.77. The van der Waals surface area contributed by atoms with Gasteiger partial charge in [-0.1, -0.05) is 12.1 Å². The zero-order chi connectivity index (χ0) is 13.9. The molecule has 1 unspecified atom stereocenters. The van der Waals surface area contributed by atoms with Gasteiger partial charge >= 0.3 is 0 Å². The van der Waals surface area contributed by atoms with Gasteiger partial charge in [0.15, 0.2) is 0 Å². The second-order valence-corrected chi connectivity index (χ2v) is 4.87. The highest BCUT2D eigenvalue weighted by Crippen LogP contribution is 2.35. The van der Waals surface area contributed by atoms with E-state index in [4.69, 9.17) is 4.74 Å². The third-order valence-corrected chi connectivity index (χ3v) is 3.26. The lowest BCUT2D eigenvalue weighted by molar-refractivity contribution is 0.208. The summed E-state index contributed by atoms with van der Waals surface area (Å²) >= 11 is 0. The molecule has 20 heavy (non-hydrogen) atoms. The SMILES string of the molecule is CC(O)CNc1ncnc2c1CCOc1ccccc1-2. The Morgan fingerprint density at radius 2 is 2.20 bits per heavy atom. The lowest BCUT2D eigenvalue weighted by Gasteiger charge is -2.13. The predicted molar refractivity (Wildman–Crippen MR) is 76.8 cm³/mol. The maximum Gasteiger partial charge on any atom is 0.133 e. The molecule has 2 heterocycles. The second-order valence-electron chi connectivity index (χ2n) is 4.87. The van der Waals surface area contributed by atoms with Crippen LogP contribution >= 0.6 is 0 Å². The molecule has 5 nitrogen and oxygen atoms in total. The van der Waals surface area contributed by atoms with Crippen LogP contribution in [0.25, 0.3) is 11.3 Å². The van der Waals surface area contributed by atoms with Gasteiger partial charge in [0.1, 0.15) is 17.9 Å². The van der Waals surface area contributed by atoms with Gasteiger partial charge in [0.2, 0.25) is 0 Å². The van der Waals surface area contributed by atoms with Crippen LogP contribution in [0.5, 0.6) is 5.75 Å². The minimum absolute atomic E-state index is 0.421. The van der Waals surface area contributed by atoms with E-state index < -0.39 is 6.10 Å². The van der Waals surface area contributed by atoms with Gasteiger partial charge in [-0.2, -0.15) is 0 Å². The molecule has 0 saturated heterocycles. The molecule has 0 spiro atoms. The number of aliphatic hydroxyl groups is 1. The van der Waals surface area contributed by atoms with Crippen molar-refractivity contribution in [2.24, 2.45) is 0 Å². The van der Waals surface area contributed by atoms with Gasteiger partial charge in [0, 0.05) is 24.1 Å². The summed E-state index contributed by atoms with van der Waals surface area (Å²) in [5.41, 5.74) is 2.93. The lowest BCUT2D eigenvalue weighted by atomic mass is 10.0. The van der Waals surface area contributed by atoms with Crippen LogP contribution in [0.1, 0.15) is 12.5 Å². The molecule has 2 aromatic rings. The normalized spacial score (nSPS) is 14.5. The molecule has 0 saturated carbocycles. The van der Waals surface area contributed by atoms with Crippen LogP contribution in [0.15, 0.2) is 30.6 Å². The Hall–Kier alpha value is -2.14. The van der Waals surface area contributed by atoms with Gasteiger partial charge in [-0.25, -0.2) is 9.97 Å². The fourth-order valence-electron chi connectivity index (χ4n) is 2.33. The highest BCUT2D eigenvalue weighted by Gasteiger charge is 2.19. The number of fused-ring (bicyclic) bond motifs is 3. The molecule has 0 amide bonds. The number of nitrogens with one attached hydrogen (secondary N) is 1. The van der Waals surface area contributed by atoms with Gasteiger partial charge < -0.3 is 15.2 Å². The van der Waals surface area contributed by atoms with E-state index in [1.54, 1.807) is 13.3 Å². The van der Waals surface area contributed by atoms with Crippen molar-refractivity contribution in [1.29, 1.82) is 0 Å². The largest absolute Gasteiger partial charge is 0.493 e. The van der Waals surface area contributed by atoms with Crippen molar-refractivity contribution >= 4 is 5.82 Å². The number of anilines is 1. The topological polar surface area (TPSA) is 67.3 Å². The van der Waals surface area contributed by atoms with E-state index in [9.17, 15) is 5.11 Å². The first kappa shape index (κ1) is 12.9. The number of rotatable bonds is 3. The van der Waals surface area contributed by atoms with Crippen LogP contribution in [0.3, 0.4) is 0 Å². The van der Waals surface area contributed by atoms with Crippen LogP contribution in [0.2, 0.25) is 0 Å². The monoisotopic (exact) mass is 271 g/mol. The summed E-state index contributed by atoms with van der Waals surface area (Å²) in [7, 11) is 0. The molecule has 0 fully saturated rings. The maximum absolute atomic E-state index is 9.40. The van der Waals surface area contributed by atoms with Crippen molar-refractivity contribution in [3.05, 3.63) is 36.2 Å². The highest BCUT2D eigenvalue weighted by atomic mass is 16.5. The van der Waals surface area contributed by atoms with E-state index in [2.05, 4.69) is 15.3 Å². The first-order valence-electron chi connectivity index (χ1n) is 6.73. The zero-order valence-electron chi connectivity index (χ0n) is 11.3. The molecule has 0 bridgehead atoms. The second kappa shape index (κ2) is 5.46. The number of aromatic nitrogens is 2. The van der Waals surface area contributed by atoms with E-state index in [0.29, 0.717) is 13.2 Å². The molecule has 2 N–H and O–H groups in total. The molecular formula is C15H17N3O2. The Morgan fingerprint density at radius 3 is 3.05 bits per heavy atom. The van der Waals surface area contributed by atoms with Crippen LogP contribution in [0.4, 0.5) is 5.82 Å². The molecule has 3 rings (SSSR count). The van der Waals surface area contributed by atoms with Crippen molar-refractivity contribution in [2.75, 3.05) is 18.5 Å². The highest BCUT2D eigenvalue weighted by molar-refractivity contribution is 5.74. The van der Waals surface area contributed by atoms with E-state index in [-0.39, 0.29) is 0 Å². The van der Waals surface area contributed by atoms with E-state index in [1.165, 1.54) is 0 Å². The van der Waals surface area contributed by atoms with Crippen molar-refractivity contribution in [1.82, 2.24) is 9.97 Å². The molecule has 104 valence electrons. The summed E-state index contributed by atoms with van der Waals surface area (Å²) in [5.74, 6) is 1.63. The van der Waals surface area contributed by atoms with E-state index in [1.807, 2.05) is 24.3 Å². The minimum atomic E-state index is -0.421. The van der Waals surface area contributed by atoms with Crippen LogP contribution in [-0.4, -0.2) is 34.3 Å². The molecule has 1 atom stereocenters. The zero-order valence-corrected chi connectivity index (χ0v) is 11.3. The average Bonchev–Trinajstić information content (AvgIpc) is 2.65. The summed E-state index contributed by atoms with van der Waals surface area (Å²) in [5, 5.41) is 12.6. The van der Waals surface area contributed by atoms with Crippen molar-refractivity contribution in [2.45, 2.75) is 19.4 Å². The van der Waals surface area contributed by atoms with Gasteiger partial charge in [-0.3, -0.25) is 0 Å². The Labute approximate surface area is 117 Å². The molecule has 1 aliphatic heterocycles. The molecule has 1 aliphatic rings. The Bertz CT molecular complexity index is 614. The summed E-state index contributed by atoms with van der Waals surface area (Å²) in [6, 6.07) is 7.89. The van der Waals surface area contributed by atoms with Crippen molar-refractivity contribution in [3.8, 4) is 17.0 Å². The number of aliphatic hydroxyl groups excluding tert-OH is 1. The number of nitrogens with zero attached hydrogens (tertiary/aromatic N) is 2. The molecule has 0 radical (unpaired) electrons. The quantitative estimate of drug-likeness (QED) is 0.892. The summed E-state index contributed by atoms with van der Waals surface area (Å²) in [6.07, 6.45) is 1.87. The molecule has 1 aromatic heterocycles. The van der Waals surface area contributed by atoms with E-state index in [0.717, 1.165) is 34.8 Å². The average molecular weight is 271 g/mol. The predicted octanol–water partition coefficient (Wildman–Crippen LogP) is 1.87. The minimum Gasteiger partial charge on any atom is -0.493 e. The standard InChI is InChI=1S/C15H17N3O2/c1-10(19)8-16-15-12-6-7-20-13-5-3-2-4-11(13)14(12)17-9-18-15/h2-5,9-10,19H,6-8H2,1H3,(H,16,17,18). The third kappa shape index (κ3) is 2.44. The third-order valence-electron chi connectivity index (χ3n) is 3.26. The Balaban J connectivity index is 2.04. The molecule has 1 aromatic carbocycles. The first-order chi connectivity index (χ1) is 9.75. The fourth-order valence-corrected chi connectivity index (χ4v) is 2.33. The molecule has 5 heteroatoms. The van der Waals surface area contributed by atoms with E-state index >= 15 is 0 Å². The lowest BCUT2D eigenvalue weighted by Crippen LogP contribution is -2.18. The number of hydrogen-bond donors (Lipinski definition) is 2. The maximum atomic E-state index is 9.40. The van der Waals surface area contributed by atoms with Gasteiger partial charge in [0.25, 0.3) is 0 Å². The van der Waals surface area contributed by atoms with Gasteiger partial charge in [-0.05, 0) is 19.1 Å². The van der Waals surface area contributed by atoms with Crippen molar-refractivity contribution in [3.63, 3.8) is 0 Å². The van der Waals surface area contributed by atoms with Crippen LogP contribution < -0.4 is 10.1 Å². The van der Waals surface area contributed by atoms with Gasteiger partial charge in [-0.15, -0.1) is 0 Å².